The number of alkyl halides is 8. The molecule has 0 aliphatic heterocycles. The summed E-state index contributed by atoms with van der Waals surface area (Å²) in [5.74, 6) is -6.41. The molecule has 3 aromatic rings. The van der Waals surface area contributed by atoms with Crippen LogP contribution in [0.15, 0.2) is 16.7 Å². The van der Waals surface area contributed by atoms with Crippen molar-refractivity contribution in [3.8, 4) is 22.0 Å². The van der Waals surface area contributed by atoms with Gasteiger partial charge in [-0.2, -0.15) is 40.2 Å². The zero-order valence-electron chi connectivity index (χ0n) is 18.3. The molecular weight excluding hydrogens is 548 g/mol. The van der Waals surface area contributed by atoms with E-state index in [-0.39, 0.29) is 37.2 Å². The Hall–Kier alpha value is -2.68. The average Bonchev–Trinajstić information content (AvgIpc) is 3.17. The first-order chi connectivity index (χ1) is 16.6. The Morgan fingerprint density at radius 3 is 2.36 bits per heavy atom. The number of hydrogen-bond donors (Lipinski definition) is 0. The van der Waals surface area contributed by atoms with Gasteiger partial charge in [0.05, 0.1) is 10.4 Å². The number of halogens is 9. The van der Waals surface area contributed by atoms with Crippen LogP contribution in [-0.4, -0.2) is 44.5 Å². The number of nitrogens with zero attached hydrogens (tertiary/aromatic N) is 4. The molecule has 4 rings (SSSR count). The lowest BCUT2D eigenvalue weighted by molar-refractivity contribution is -0.292. The van der Waals surface area contributed by atoms with Crippen LogP contribution in [0, 0.1) is 0 Å². The maximum Gasteiger partial charge on any atom is 0.459 e. The normalized spacial score (nSPS) is 15.0. The molecule has 16 heteroatoms. The minimum absolute atomic E-state index is 0.0793. The molecule has 1 aliphatic carbocycles. The highest BCUT2D eigenvalue weighted by molar-refractivity contribution is 7.19. The molecular formula is C20H15ClF8N4O2S. The van der Waals surface area contributed by atoms with Gasteiger partial charge in [0.1, 0.15) is 21.3 Å². The van der Waals surface area contributed by atoms with Crippen LogP contribution in [-0.2, 0) is 19.1 Å². The summed E-state index contributed by atoms with van der Waals surface area (Å²) in [6, 6.07) is 2.35. The van der Waals surface area contributed by atoms with Gasteiger partial charge in [-0.15, -0.1) is 11.3 Å². The molecule has 0 saturated heterocycles. The number of aryl methyl sites for hydroxylation is 1. The number of aromatic nitrogens is 3. The Kier molecular flexibility index (Phi) is 6.39. The Morgan fingerprint density at radius 1 is 1.19 bits per heavy atom. The van der Waals surface area contributed by atoms with Gasteiger partial charge in [-0.3, -0.25) is 9.48 Å². The van der Waals surface area contributed by atoms with Crippen molar-refractivity contribution in [3.05, 3.63) is 33.3 Å². The Bertz CT molecular complexity index is 1310. The van der Waals surface area contributed by atoms with Crippen molar-refractivity contribution in [2.75, 3.05) is 6.54 Å². The van der Waals surface area contributed by atoms with Gasteiger partial charge < -0.3 is 9.42 Å². The highest BCUT2D eigenvalue weighted by Crippen LogP contribution is 2.50. The first kappa shape index (κ1) is 26.4. The van der Waals surface area contributed by atoms with Crippen LogP contribution in [0.2, 0.25) is 4.34 Å². The van der Waals surface area contributed by atoms with Crippen molar-refractivity contribution in [3.63, 3.8) is 0 Å². The van der Waals surface area contributed by atoms with Crippen molar-refractivity contribution < 1.29 is 44.4 Å². The van der Waals surface area contributed by atoms with Gasteiger partial charge in [0.15, 0.2) is 11.5 Å². The van der Waals surface area contributed by atoms with E-state index in [0.717, 1.165) is 37.3 Å². The number of carbonyl (C=O) groups is 1. The van der Waals surface area contributed by atoms with Crippen LogP contribution >= 0.6 is 22.9 Å². The summed E-state index contributed by atoms with van der Waals surface area (Å²) in [6.07, 6.45) is -10.3. The largest absolute Gasteiger partial charge is 0.459 e. The van der Waals surface area contributed by atoms with Crippen molar-refractivity contribution >= 4 is 28.8 Å². The molecule has 0 N–H and O–H groups in total. The lowest BCUT2D eigenvalue weighted by Crippen LogP contribution is -2.36. The molecule has 3 aromatic heterocycles. The second-order valence-corrected chi connectivity index (χ2v) is 9.62. The highest BCUT2D eigenvalue weighted by atomic mass is 35.5. The standard InChI is InChI=1S/C20H15ClF8N4O2S/c1-3-33(8-4-5-8)17(34)9-6-12(36-16(9)21)11-7-10(31-35-11)14-13(19(24,25)26)15(30-32(14)2)18(22,23)20(27,28)29/h6-8H,3-5H2,1-2H3. The van der Waals surface area contributed by atoms with E-state index in [1.165, 1.54) is 6.07 Å². The summed E-state index contributed by atoms with van der Waals surface area (Å²) in [6.45, 7) is 2.23. The highest BCUT2D eigenvalue weighted by Gasteiger charge is 2.64. The number of hydrogen-bond acceptors (Lipinski definition) is 5. The molecule has 0 aromatic carbocycles. The van der Waals surface area contributed by atoms with Gasteiger partial charge in [0.25, 0.3) is 5.91 Å². The first-order valence-electron chi connectivity index (χ1n) is 10.2. The van der Waals surface area contributed by atoms with Crippen molar-refractivity contribution in [1.29, 1.82) is 0 Å². The Labute approximate surface area is 206 Å². The van der Waals surface area contributed by atoms with E-state index in [0.29, 0.717) is 6.54 Å². The van der Waals surface area contributed by atoms with E-state index in [2.05, 4.69) is 10.3 Å². The maximum absolute atomic E-state index is 13.9. The summed E-state index contributed by atoms with van der Waals surface area (Å²) in [5, 5.41) is 6.28. The van der Waals surface area contributed by atoms with Crippen molar-refractivity contribution in [1.82, 2.24) is 19.8 Å². The van der Waals surface area contributed by atoms with E-state index in [1.807, 2.05) is 0 Å². The quantitative estimate of drug-likeness (QED) is 0.312. The molecule has 196 valence electrons. The monoisotopic (exact) mass is 562 g/mol. The summed E-state index contributed by atoms with van der Waals surface area (Å²) in [4.78, 5) is 14.6. The Balaban J connectivity index is 1.76. The first-order valence-corrected chi connectivity index (χ1v) is 11.4. The van der Waals surface area contributed by atoms with Crippen molar-refractivity contribution in [2.24, 2.45) is 7.05 Å². The van der Waals surface area contributed by atoms with Gasteiger partial charge in [-0.25, -0.2) is 0 Å². The molecule has 1 fully saturated rings. The van der Waals surface area contributed by atoms with E-state index in [1.54, 1.807) is 11.8 Å². The van der Waals surface area contributed by atoms with E-state index in [9.17, 15) is 39.9 Å². The Morgan fingerprint density at radius 2 is 1.83 bits per heavy atom. The third-order valence-electron chi connectivity index (χ3n) is 5.49. The lowest BCUT2D eigenvalue weighted by Gasteiger charge is -2.19. The number of carbonyl (C=O) groups excluding carboxylic acids is 1. The van der Waals surface area contributed by atoms with Crippen LogP contribution in [0.25, 0.3) is 22.0 Å². The summed E-state index contributed by atoms with van der Waals surface area (Å²) < 4.78 is 113. The fourth-order valence-electron chi connectivity index (χ4n) is 3.69. The fourth-order valence-corrected chi connectivity index (χ4v) is 4.90. The van der Waals surface area contributed by atoms with Gasteiger partial charge >= 0.3 is 18.3 Å². The minimum Gasteiger partial charge on any atom is -0.355 e. The molecule has 0 spiro atoms. The second kappa shape index (κ2) is 8.71. The number of rotatable bonds is 6. The summed E-state index contributed by atoms with van der Waals surface area (Å²) >= 11 is 7.06. The van der Waals surface area contributed by atoms with E-state index in [4.69, 9.17) is 16.1 Å². The molecule has 0 radical (unpaired) electrons. The van der Waals surface area contributed by atoms with Crippen molar-refractivity contribution in [2.45, 2.75) is 44.1 Å². The maximum atomic E-state index is 13.9. The van der Waals surface area contributed by atoms with Crippen LogP contribution in [0.1, 0.15) is 41.4 Å². The molecule has 36 heavy (non-hydrogen) atoms. The lowest BCUT2D eigenvalue weighted by atomic mass is 10.0. The summed E-state index contributed by atoms with van der Waals surface area (Å²) in [5.41, 5.74) is -6.51. The third kappa shape index (κ3) is 4.46. The molecule has 1 amide bonds. The molecule has 0 bridgehead atoms. The fraction of sp³-hybridized carbons (Fsp3) is 0.450. The molecule has 3 heterocycles. The molecule has 1 saturated carbocycles. The number of amides is 1. The SMILES string of the molecule is CCN(C(=O)c1cc(-c2cc(-c3c(C(F)(F)F)c(C(F)(F)C(F)(F)F)nn3C)no2)sc1Cl)C1CC1. The topological polar surface area (TPSA) is 64.2 Å². The smallest absolute Gasteiger partial charge is 0.355 e. The van der Waals surface area contributed by atoms with Crippen LogP contribution in [0.3, 0.4) is 0 Å². The predicted molar refractivity (Wildman–Crippen MR) is 112 cm³/mol. The third-order valence-corrected chi connectivity index (χ3v) is 6.86. The van der Waals surface area contributed by atoms with Gasteiger partial charge in [-0.1, -0.05) is 16.8 Å². The van der Waals surface area contributed by atoms with E-state index < -0.39 is 40.9 Å². The average molecular weight is 563 g/mol. The van der Waals surface area contributed by atoms with Gasteiger partial charge in [-0.05, 0) is 25.8 Å². The van der Waals surface area contributed by atoms with Gasteiger partial charge in [0.2, 0.25) is 0 Å². The minimum atomic E-state index is -6.32. The van der Waals surface area contributed by atoms with Crippen LogP contribution < -0.4 is 0 Å². The molecule has 1 aliphatic rings. The molecule has 0 atom stereocenters. The molecule has 0 unspecified atom stereocenters. The van der Waals surface area contributed by atoms with Gasteiger partial charge in [0, 0.05) is 25.7 Å². The predicted octanol–water partition coefficient (Wildman–Crippen LogP) is 6.75. The van der Waals surface area contributed by atoms with Crippen LogP contribution in [0.5, 0.6) is 0 Å². The number of thiophene rings is 1. The zero-order valence-corrected chi connectivity index (χ0v) is 19.8. The van der Waals surface area contributed by atoms with Crippen LogP contribution in [0.4, 0.5) is 35.1 Å². The summed E-state index contributed by atoms with van der Waals surface area (Å²) in [7, 11) is 0.769. The second-order valence-electron chi connectivity index (χ2n) is 7.96. The van der Waals surface area contributed by atoms with E-state index >= 15 is 0 Å². The molecule has 6 nitrogen and oxygen atoms in total. The zero-order chi connectivity index (χ0) is 26.8.